The van der Waals surface area contributed by atoms with E-state index in [-0.39, 0.29) is 0 Å². The summed E-state index contributed by atoms with van der Waals surface area (Å²) >= 11 is 0. The molecule has 1 nitrogen and oxygen atoms in total. The van der Waals surface area contributed by atoms with E-state index in [1.807, 2.05) is 37.3 Å². The number of hydrogen-bond acceptors (Lipinski definition) is 1. The van der Waals surface area contributed by atoms with Crippen molar-refractivity contribution in [2.75, 3.05) is 0 Å². The SMILES string of the molecule is C=C/C(P)=c1/cccc/c1=C(\C)N. The fourth-order valence-corrected chi connectivity index (χ4v) is 1.44. The van der Waals surface area contributed by atoms with Gasteiger partial charge in [0.1, 0.15) is 0 Å². The Morgan fingerprint density at radius 3 is 2.38 bits per heavy atom. The summed E-state index contributed by atoms with van der Waals surface area (Å²) in [4.78, 5) is 0. The van der Waals surface area contributed by atoms with Crippen molar-refractivity contribution >= 4 is 20.3 Å². The average Bonchev–Trinajstić information content (AvgIpc) is 2.16. The molecule has 0 aliphatic heterocycles. The van der Waals surface area contributed by atoms with Gasteiger partial charge < -0.3 is 5.73 Å². The Balaban J connectivity index is 3.76. The highest BCUT2D eigenvalue weighted by Crippen LogP contribution is 2.02. The zero-order valence-electron chi connectivity index (χ0n) is 7.75. The van der Waals surface area contributed by atoms with Gasteiger partial charge in [0.2, 0.25) is 0 Å². The summed E-state index contributed by atoms with van der Waals surface area (Å²) in [5, 5.41) is 3.27. The van der Waals surface area contributed by atoms with Gasteiger partial charge >= 0.3 is 0 Å². The first-order chi connectivity index (χ1) is 6.16. The third kappa shape index (κ3) is 2.19. The zero-order chi connectivity index (χ0) is 9.84. The van der Waals surface area contributed by atoms with Crippen molar-refractivity contribution in [3.8, 4) is 0 Å². The van der Waals surface area contributed by atoms with Crippen molar-refractivity contribution in [2.24, 2.45) is 5.73 Å². The largest absolute Gasteiger partial charge is 0.402 e. The first-order valence-electron chi connectivity index (χ1n) is 4.10. The molecular formula is C11H14NP. The molecule has 0 aliphatic carbocycles. The minimum atomic E-state index is 0.831. The Morgan fingerprint density at radius 2 is 1.92 bits per heavy atom. The molecule has 0 heterocycles. The van der Waals surface area contributed by atoms with E-state index in [4.69, 9.17) is 5.73 Å². The highest BCUT2D eigenvalue weighted by atomic mass is 31.0. The molecule has 0 amide bonds. The molecular weight excluding hydrogens is 177 g/mol. The average molecular weight is 191 g/mol. The molecule has 13 heavy (non-hydrogen) atoms. The second-order valence-corrected chi connectivity index (χ2v) is 3.51. The van der Waals surface area contributed by atoms with Crippen LogP contribution in [0.2, 0.25) is 0 Å². The summed E-state index contributed by atoms with van der Waals surface area (Å²) < 4.78 is 0. The number of hydrogen-bond donors (Lipinski definition) is 1. The summed E-state index contributed by atoms with van der Waals surface area (Å²) in [6.45, 7) is 5.63. The maximum Gasteiger partial charge on any atom is 0.0129 e. The molecule has 68 valence electrons. The highest BCUT2D eigenvalue weighted by Gasteiger charge is 1.89. The molecule has 0 radical (unpaired) electrons. The zero-order valence-corrected chi connectivity index (χ0v) is 8.90. The molecule has 1 aromatic rings. The summed E-state index contributed by atoms with van der Waals surface area (Å²) in [6, 6.07) is 8.03. The summed E-state index contributed by atoms with van der Waals surface area (Å²) in [5.41, 5.74) is 6.60. The van der Waals surface area contributed by atoms with Crippen LogP contribution in [-0.2, 0) is 0 Å². The highest BCUT2D eigenvalue weighted by molar-refractivity contribution is 7.31. The minimum absolute atomic E-state index is 0.831. The Labute approximate surface area is 80.9 Å². The second-order valence-electron chi connectivity index (χ2n) is 2.89. The van der Waals surface area contributed by atoms with E-state index in [2.05, 4.69) is 15.8 Å². The molecule has 2 heteroatoms. The first kappa shape index (κ1) is 10.0. The van der Waals surface area contributed by atoms with Crippen molar-refractivity contribution in [3.63, 3.8) is 0 Å². The van der Waals surface area contributed by atoms with Gasteiger partial charge in [-0.1, -0.05) is 36.9 Å². The lowest BCUT2D eigenvalue weighted by atomic mass is 10.2. The van der Waals surface area contributed by atoms with Crippen LogP contribution in [0.15, 0.2) is 36.9 Å². The monoisotopic (exact) mass is 191 g/mol. The molecule has 1 aromatic carbocycles. The van der Waals surface area contributed by atoms with Crippen molar-refractivity contribution in [3.05, 3.63) is 47.4 Å². The van der Waals surface area contributed by atoms with Crippen molar-refractivity contribution in [1.29, 1.82) is 0 Å². The van der Waals surface area contributed by atoms with Crippen molar-refractivity contribution in [1.82, 2.24) is 0 Å². The van der Waals surface area contributed by atoms with Gasteiger partial charge in [-0.05, 0) is 17.5 Å². The van der Waals surface area contributed by atoms with Gasteiger partial charge in [0.25, 0.3) is 0 Å². The van der Waals surface area contributed by atoms with Gasteiger partial charge in [0, 0.05) is 10.9 Å². The molecule has 0 bridgehead atoms. The smallest absolute Gasteiger partial charge is 0.0129 e. The standard InChI is InChI=1S/C11H14NP/c1-3-11(13)10-7-5-4-6-9(10)8(2)12/h3-7H,1,12-13H2,2H3/b9-8-,11-10+. The van der Waals surface area contributed by atoms with E-state index in [0.717, 1.165) is 21.4 Å². The van der Waals surface area contributed by atoms with Gasteiger partial charge in [0.05, 0.1) is 0 Å². The molecule has 2 N–H and O–H groups in total. The van der Waals surface area contributed by atoms with Crippen molar-refractivity contribution < 1.29 is 0 Å². The van der Waals surface area contributed by atoms with E-state index >= 15 is 0 Å². The van der Waals surface area contributed by atoms with Crippen LogP contribution in [-0.4, -0.2) is 0 Å². The molecule has 1 rings (SSSR count). The summed E-state index contributed by atoms with van der Waals surface area (Å²) in [7, 11) is 2.66. The minimum Gasteiger partial charge on any atom is -0.402 e. The molecule has 1 unspecified atom stereocenters. The van der Waals surface area contributed by atoms with Crippen LogP contribution < -0.4 is 16.2 Å². The number of rotatable bonds is 1. The number of allylic oxidation sites excluding steroid dienone is 1. The fraction of sp³-hybridized carbons (Fsp3) is 0.0909. The van der Waals surface area contributed by atoms with Gasteiger partial charge in [-0.25, -0.2) is 0 Å². The summed E-state index contributed by atoms with van der Waals surface area (Å²) in [5.74, 6) is 0. The Bertz CT molecular complexity index is 428. The molecule has 0 saturated carbocycles. The van der Waals surface area contributed by atoms with Crippen LogP contribution in [0.4, 0.5) is 0 Å². The lowest BCUT2D eigenvalue weighted by Crippen LogP contribution is -2.29. The van der Waals surface area contributed by atoms with Crippen LogP contribution in [0, 0.1) is 0 Å². The predicted octanol–water partition coefficient (Wildman–Crippen LogP) is 0.943. The van der Waals surface area contributed by atoms with Crippen LogP contribution >= 0.6 is 9.24 Å². The van der Waals surface area contributed by atoms with E-state index in [1.165, 1.54) is 0 Å². The van der Waals surface area contributed by atoms with Gasteiger partial charge in [-0.2, -0.15) is 0 Å². The Morgan fingerprint density at radius 1 is 1.38 bits per heavy atom. The number of nitrogens with two attached hydrogens (primary N) is 1. The summed E-state index contributed by atoms with van der Waals surface area (Å²) in [6.07, 6.45) is 1.81. The van der Waals surface area contributed by atoms with Crippen LogP contribution in [0.25, 0.3) is 11.0 Å². The van der Waals surface area contributed by atoms with E-state index < -0.39 is 0 Å². The Hall–Kier alpha value is -1.07. The predicted molar refractivity (Wildman–Crippen MR) is 62.3 cm³/mol. The lowest BCUT2D eigenvalue weighted by Gasteiger charge is -1.96. The molecule has 0 aliphatic rings. The molecule has 1 atom stereocenters. The van der Waals surface area contributed by atoms with Gasteiger partial charge in [-0.3, -0.25) is 0 Å². The maximum absolute atomic E-state index is 5.77. The lowest BCUT2D eigenvalue weighted by molar-refractivity contribution is 1.40. The molecule has 0 saturated heterocycles. The first-order valence-corrected chi connectivity index (χ1v) is 4.68. The van der Waals surface area contributed by atoms with Crippen molar-refractivity contribution in [2.45, 2.75) is 6.92 Å². The Kier molecular flexibility index (Phi) is 3.27. The number of benzene rings is 1. The topological polar surface area (TPSA) is 26.0 Å². The van der Waals surface area contributed by atoms with Gasteiger partial charge in [0.15, 0.2) is 0 Å². The fourth-order valence-electron chi connectivity index (χ4n) is 1.19. The van der Waals surface area contributed by atoms with Crippen LogP contribution in [0.3, 0.4) is 0 Å². The van der Waals surface area contributed by atoms with Crippen LogP contribution in [0.5, 0.6) is 0 Å². The normalized spacial score (nSPS) is 14.9. The third-order valence-corrected chi connectivity index (χ3v) is 2.43. The third-order valence-electron chi connectivity index (χ3n) is 1.88. The van der Waals surface area contributed by atoms with Crippen LogP contribution in [0.1, 0.15) is 6.92 Å². The van der Waals surface area contributed by atoms with Gasteiger partial charge in [-0.15, -0.1) is 9.24 Å². The molecule has 0 aromatic heterocycles. The maximum atomic E-state index is 5.77. The second kappa shape index (κ2) is 4.25. The van der Waals surface area contributed by atoms with E-state index in [0.29, 0.717) is 0 Å². The van der Waals surface area contributed by atoms with E-state index in [9.17, 15) is 0 Å². The quantitative estimate of drug-likeness (QED) is 0.657. The molecule has 0 fully saturated rings. The molecule has 0 spiro atoms. The van der Waals surface area contributed by atoms with E-state index in [1.54, 1.807) is 0 Å².